The molecule has 0 bridgehead atoms. The summed E-state index contributed by atoms with van der Waals surface area (Å²) in [7, 11) is 0. The van der Waals surface area contributed by atoms with Crippen LogP contribution in [0, 0.1) is 0 Å². The van der Waals surface area contributed by atoms with Crippen molar-refractivity contribution in [1.82, 2.24) is 9.78 Å². The van der Waals surface area contributed by atoms with Crippen LogP contribution in [0.15, 0.2) is 66.9 Å². The van der Waals surface area contributed by atoms with E-state index >= 15 is 0 Å². The minimum absolute atomic E-state index is 0.0712. The number of rotatable bonds is 5. The molecular formula is C17H17N3O. The third-order valence-electron chi connectivity index (χ3n) is 3.28. The number of aliphatic hydroxyl groups excluding tert-OH is 1. The summed E-state index contributed by atoms with van der Waals surface area (Å²) in [6, 6.07) is 19.8. The van der Waals surface area contributed by atoms with Gasteiger partial charge < -0.3 is 10.4 Å². The molecule has 0 spiro atoms. The molecule has 4 nitrogen and oxygen atoms in total. The van der Waals surface area contributed by atoms with Crippen LogP contribution in [-0.4, -0.2) is 14.9 Å². The number of hydrogen-bond donors (Lipinski definition) is 2. The van der Waals surface area contributed by atoms with E-state index in [0.717, 1.165) is 22.6 Å². The lowest BCUT2D eigenvalue weighted by Crippen LogP contribution is -2.02. The quantitative estimate of drug-likeness (QED) is 0.755. The van der Waals surface area contributed by atoms with Crippen molar-refractivity contribution in [3.63, 3.8) is 0 Å². The van der Waals surface area contributed by atoms with Gasteiger partial charge >= 0.3 is 0 Å². The third-order valence-corrected chi connectivity index (χ3v) is 3.28. The SMILES string of the molecule is OCc1ccc(NCc2ccn(-c3ccccc3)n2)cc1. The van der Waals surface area contributed by atoms with E-state index in [4.69, 9.17) is 5.11 Å². The molecule has 3 aromatic rings. The lowest BCUT2D eigenvalue weighted by atomic mass is 10.2. The zero-order chi connectivity index (χ0) is 14.5. The molecule has 106 valence electrons. The summed E-state index contributed by atoms with van der Waals surface area (Å²) in [5, 5.41) is 16.9. The molecule has 2 aromatic carbocycles. The number of hydrogen-bond acceptors (Lipinski definition) is 3. The fourth-order valence-corrected chi connectivity index (χ4v) is 2.10. The highest BCUT2D eigenvalue weighted by Gasteiger charge is 2.01. The Bertz CT molecular complexity index is 690. The summed E-state index contributed by atoms with van der Waals surface area (Å²) in [5.74, 6) is 0. The van der Waals surface area contributed by atoms with Crippen LogP contribution in [0.1, 0.15) is 11.3 Å². The number of aliphatic hydroxyl groups is 1. The van der Waals surface area contributed by atoms with Crippen molar-refractivity contribution in [1.29, 1.82) is 0 Å². The van der Waals surface area contributed by atoms with Crippen molar-refractivity contribution < 1.29 is 5.11 Å². The van der Waals surface area contributed by atoms with E-state index in [1.807, 2.05) is 71.5 Å². The van der Waals surface area contributed by atoms with Crippen LogP contribution >= 0.6 is 0 Å². The molecule has 0 unspecified atom stereocenters. The zero-order valence-electron chi connectivity index (χ0n) is 11.6. The van der Waals surface area contributed by atoms with Gasteiger partial charge in [-0.15, -0.1) is 0 Å². The van der Waals surface area contributed by atoms with Gasteiger partial charge in [0.1, 0.15) is 0 Å². The van der Waals surface area contributed by atoms with Crippen LogP contribution in [0.2, 0.25) is 0 Å². The summed E-state index contributed by atoms with van der Waals surface area (Å²) < 4.78 is 1.87. The van der Waals surface area contributed by atoms with Crippen LogP contribution in [0.5, 0.6) is 0 Å². The number of anilines is 1. The molecule has 4 heteroatoms. The summed E-state index contributed by atoms with van der Waals surface area (Å²) >= 11 is 0. The molecule has 0 atom stereocenters. The molecule has 0 saturated carbocycles. The normalized spacial score (nSPS) is 10.5. The number of para-hydroxylation sites is 1. The Morgan fingerprint density at radius 2 is 1.71 bits per heavy atom. The van der Waals surface area contributed by atoms with Crippen molar-refractivity contribution in [3.8, 4) is 5.69 Å². The first-order valence-corrected chi connectivity index (χ1v) is 6.89. The van der Waals surface area contributed by atoms with Gasteiger partial charge in [-0.25, -0.2) is 4.68 Å². The minimum atomic E-state index is 0.0712. The van der Waals surface area contributed by atoms with Crippen molar-refractivity contribution in [3.05, 3.63) is 78.1 Å². The van der Waals surface area contributed by atoms with Crippen molar-refractivity contribution >= 4 is 5.69 Å². The molecule has 0 radical (unpaired) electrons. The second kappa shape index (κ2) is 6.24. The second-order valence-electron chi connectivity index (χ2n) is 4.80. The Kier molecular flexibility index (Phi) is 3.98. The molecule has 2 N–H and O–H groups in total. The van der Waals surface area contributed by atoms with Gasteiger partial charge in [-0.3, -0.25) is 0 Å². The van der Waals surface area contributed by atoms with E-state index in [1.165, 1.54) is 0 Å². The van der Waals surface area contributed by atoms with Crippen LogP contribution in [-0.2, 0) is 13.2 Å². The maximum Gasteiger partial charge on any atom is 0.0819 e. The fraction of sp³-hybridized carbons (Fsp3) is 0.118. The smallest absolute Gasteiger partial charge is 0.0819 e. The van der Waals surface area contributed by atoms with E-state index in [-0.39, 0.29) is 6.61 Å². The van der Waals surface area contributed by atoms with Gasteiger partial charge in [-0.05, 0) is 35.9 Å². The summed E-state index contributed by atoms with van der Waals surface area (Å²) in [5.41, 5.74) is 3.96. The molecule has 21 heavy (non-hydrogen) atoms. The van der Waals surface area contributed by atoms with E-state index in [9.17, 15) is 0 Å². The minimum Gasteiger partial charge on any atom is -0.392 e. The van der Waals surface area contributed by atoms with Gasteiger partial charge in [-0.2, -0.15) is 5.10 Å². The predicted molar refractivity (Wildman–Crippen MR) is 83.3 cm³/mol. The Morgan fingerprint density at radius 3 is 2.43 bits per heavy atom. The molecule has 1 heterocycles. The maximum absolute atomic E-state index is 9.01. The molecule has 0 fully saturated rings. The van der Waals surface area contributed by atoms with E-state index in [1.54, 1.807) is 0 Å². The summed E-state index contributed by atoms with van der Waals surface area (Å²) in [6.07, 6.45) is 1.96. The summed E-state index contributed by atoms with van der Waals surface area (Å²) in [4.78, 5) is 0. The van der Waals surface area contributed by atoms with Gasteiger partial charge in [0.25, 0.3) is 0 Å². The topological polar surface area (TPSA) is 50.1 Å². The average Bonchev–Trinajstić information content (AvgIpc) is 3.03. The number of nitrogens with one attached hydrogen (secondary N) is 1. The van der Waals surface area contributed by atoms with Gasteiger partial charge in [0.15, 0.2) is 0 Å². The van der Waals surface area contributed by atoms with E-state index in [2.05, 4.69) is 10.4 Å². The van der Waals surface area contributed by atoms with E-state index < -0.39 is 0 Å². The lowest BCUT2D eigenvalue weighted by Gasteiger charge is -2.05. The first-order valence-electron chi connectivity index (χ1n) is 6.89. The van der Waals surface area contributed by atoms with Gasteiger partial charge in [0.2, 0.25) is 0 Å². The van der Waals surface area contributed by atoms with Crippen LogP contribution in [0.4, 0.5) is 5.69 Å². The largest absolute Gasteiger partial charge is 0.392 e. The highest BCUT2D eigenvalue weighted by molar-refractivity contribution is 5.44. The highest BCUT2D eigenvalue weighted by atomic mass is 16.3. The van der Waals surface area contributed by atoms with Gasteiger partial charge in [0, 0.05) is 11.9 Å². The molecule has 0 amide bonds. The molecule has 3 rings (SSSR count). The molecule has 1 aromatic heterocycles. The Hall–Kier alpha value is -2.59. The van der Waals surface area contributed by atoms with Crippen LogP contribution in [0.25, 0.3) is 5.69 Å². The van der Waals surface area contributed by atoms with Gasteiger partial charge in [0.05, 0.1) is 24.5 Å². The first kappa shape index (κ1) is 13.4. The van der Waals surface area contributed by atoms with E-state index in [0.29, 0.717) is 6.54 Å². The van der Waals surface area contributed by atoms with Crippen LogP contribution in [0.3, 0.4) is 0 Å². The third kappa shape index (κ3) is 3.30. The maximum atomic E-state index is 9.01. The number of nitrogens with zero attached hydrogens (tertiary/aromatic N) is 2. The Labute approximate surface area is 123 Å². The molecule has 0 saturated heterocycles. The number of aromatic nitrogens is 2. The summed E-state index contributed by atoms with van der Waals surface area (Å²) in [6.45, 7) is 0.736. The van der Waals surface area contributed by atoms with Crippen molar-refractivity contribution in [2.45, 2.75) is 13.2 Å². The number of benzene rings is 2. The standard InChI is InChI=1S/C17H17N3O/c21-13-14-6-8-15(9-7-14)18-12-16-10-11-20(19-16)17-4-2-1-3-5-17/h1-11,18,21H,12-13H2. The van der Waals surface area contributed by atoms with Gasteiger partial charge in [-0.1, -0.05) is 30.3 Å². The average molecular weight is 279 g/mol. The van der Waals surface area contributed by atoms with Crippen LogP contribution < -0.4 is 5.32 Å². The Balaban J connectivity index is 1.64. The molecular weight excluding hydrogens is 262 g/mol. The highest BCUT2D eigenvalue weighted by Crippen LogP contribution is 2.12. The van der Waals surface area contributed by atoms with Crippen molar-refractivity contribution in [2.75, 3.05) is 5.32 Å². The predicted octanol–water partition coefficient (Wildman–Crippen LogP) is 2.98. The zero-order valence-corrected chi connectivity index (χ0v) is 11.6. The Morgan fingerprint density at radius 1 is 0.952 bits per heavy atom. The monoisotopic (exact) mass is 279 g/mol. The molecule has 0 aliphatic heterocycles. The first-order chi connectivity index (χ1) is 10.3. The second-order valence-corrected chi connectivity index (χ2v) is 4.80. The van der Waals surface area contributed by atoms with Crippen molar-refractivity contribution in [2.24, 2.45) is 0 Å². The fourth-order valence-electron chi connectivity index (χ4n) is 2.10. The molecule has 0 aliphatic rings. The molecule has 0 aliphatic carbocycles. The lowest BCUT2D eigenvalue weighted by molar-refractivity contribution is 0.282.